The Hall–Kier alpha value is -1.63. The molecule has 3 rings (SSSR count). The molecule has 2 heterocycles. The van der Waals surface area contributed by atoms with E-state index < -0.39 is 0 Å². The Morgan fingerprint density at radius 3 is 2.62 bits per heavy atom. The molecule has 1 fully saturated rings. The molecule has 0 aromatic heterocycles. The van der Waals surface area contributed by atoms with E-state index in [0.717, 1.165) is 26.2 Å². The molecule has 0 bridgehead atoms. The number of nitrogens with one attached hydrogen (secondary N) is 1. The number of piperazine rings is 1. The van der Waals surface area contributed by atoms with E-state index in [0.29, 0.717) is 36.8 Å². The maximum Gasteiger partial charge on any atom is 0.178 e. The van der Waals surface area contributed by atoms with Gasteiger partial charge in [0.1, 0.15) is 13.2 Å². The first-order valence-corrected chi connectivity index (χ1v) is 7.32. The molecule has 6 heteroatoms. The minimum absolute atomic E-state index is 0.0610. The van der Waals surface area contributed by atoms with Gasteiger partial charge in [0.05, 0.1) is 6.54 Å². The van der Waals surface area contributed by atoms with Gasteiger partial charge in [-0.05, 0) is 25.2 Å². The van der Waals surface area contributed by atoms with Crippen LogP contribution in [-0.4, -0.2) is 68.7 Å². The van der Waals surface area contributed by atoms with Gasteiger partial charge < -0.3 is 14.4 Å². The first-order chi connectivity index (χ1) is 10.2. The standard InChI is InChI=1S/C15H21N3O3/c1-17-4-6-18(7-5-17)16-11-13(19)12-2-3-14-15(10-12)21-9-8-20-14/h2-3,10,16H,4-9,11H2,1H3. The second-order valence-corrected chi connectivity index (χ2v) is 5.41. The van der Waals surface area contributed by atoms with Crippen LogP contribution < -0.4 is 14.9 Å². The second kappa shape index (κ2) is 6.43. The van der Waals surface area contributed by atoms with Crippen LogP contribution in [0.4, 0.5) is 0 Å². The topological polar surface area (TPSA) is 54.0 Å². The van der Waals surface area contributed by atoms with Crippen molar-refractivity contribution in [2.45, 2.75) is 0 Å². The van der Waals surface area contributed by atoms with Gasteiger partial charge in [0, 0.05) is 31.7 Å². The highest BCUT2D eigenvalue weighted by atomic mass is 16.6. The third kappa shape index (κ3) is 3.53. The number of ether oxygens (including phenoxy) is 2. The van der Waals surface area contributed by atoms with E-state index in [-0.39, 0.29) is 5.78 Å². The van der Waals surface area contributed by atoms with E-state index in [9.17, 15) is 4.79 Å². The summed E-state index contributed by atoms with van der Waals surface area (Å²) in [5.74, 6) is 1.43. The third-order valence-electron chi connectivity index (χ3n) is 3.83. The zero-order valence-corrected chi connectivity index (χ0v) is 12.3. The Morgan fingerprint density at radius 2 is 1.86 bits per heavy atom. The van der Waals surface area contributed by atoms with Crippen molar-refractivity contribution in [2.75, 3.05) is 53.0 Å². The summed E-state index contributed by atoms with van der Waals surface area (Å²) in [6.07, 6.45) is 0. The highest BCUT2D eigenvalue weighted by molar-refractivity contribution is 5.98. The molecular weight excluding hydrogens is 270 g/mol. The van der Waals surface area contributed by atoms with E-state index in [2.05, 4.69) is 22.4 Å². The smallest absolute Gasteiger partial charge is 0.178 e. The molecule has 0 radical (unpaired) electrons. The van der Waals surface area contributed by atoms with E-state index in [1.165, 1.54) is 0 Å². The summed E-state index contributed by atoms with van der Waals surface area (Å²) in [7, 11) is 2.11. The number of Topliss-reactive ketones (excluding diaryl/α,β-unsaturated/α-hetero) is 1. The molecule has 1 saturated heterocycles. The molecule has 0 atom stereocenters. The molecular formula is C15H21N3O3. The minimum Gasteiger partial charge on any atom is -0.486 e. The largest absolute Gasteiger partial charge is 0.486 e. The van der Waals surface area contributed by atoms with Crippen molar-refractivity contribution < 1.29 is 14.3 Å². The fourth-order valence-corrected chi connectivity index (χ4v) is 2.47. The summed E-state index contributed by atoms with van der Waals surface area (Å²) in [6, 6.07) is 5.36. The highest BCUT2D eigenvalue weighted by Gasteiger charge is 2.17. The Kier molecular flexibility index (Phi) is 4.38. The predicted octanol–water partition coefficient (Wildman–Crippen LogP) is 0.392. The van der Waals surface area contributed by atoms with Gasteiger partial charge >= 0.3 is 0 Å². The number of carbonyl (C=O) groups is 1. The number of hydrogen-bond donors (Lipinski definition) is 1. The first kappa shape index (κ1) is 14.3. The molecule has 1 N–H and O–H groups in total. The lowest BCUT2D eigenvalue weighted by Crippen LogP contribution is -2.51. The monoisotopic (exact) mass is 291 g/mol. The summed E-state index contributed by atoms with van der Waals surface area (Å²) in [5, 5.41) is 2.11. The van der Waals surface area contributed by atoms with Gasteiger partial charge in [0.15, 0.2) is 17.3 Å². The molecule has 0 saturated carbocycles. The lowest BCUT2D eigenvalue weighted by atomic mass is 10.1. The summed E-state index contributed by atoms with van der Waals surface area (Å²) in [4.78, 5) is 14.5. The van der Waals surface area contributed by atoms with Crippen molar-refractivity contribution in [3.8, 4) is 11.5 Å². The Balaban J connectivity index is 1.55. The van der Waals surface area contributed by atoms with Crippen LogP contribution in [-0.2, 0) is 0 Å². The lowest BCUT2D eigenvalue weighted by molar-refractivity contribution is 0.0837. The van der Waals surface area contributed by atoms with Crippen molar-refractivity contribution in [3.63, 3.8) is 0 Å². The molecule has 21 heavy (non-hydrogen) atoms. The summed E-state index contributed by atoms with van der Waals surface area (Å²) < 4.78 is 11.0. The van der Waals surface area contributed by atoms with Gasteiger partial charge in [-0.15, -0.1) is 0 Å². The average molecular weight is 291 g/mol. The molecule has 2 aliphatic rings. The van der Waals surface area contributed by atoms with Gasteiger partial charge in [0.25, 0.3) is 0 Å². The molecule has 0 spiro atoms. The first-order valence-electron chi connectivity index (χ1n) is 7.32. The summed E-state index contributed by atoms with van der Waals surface area (Å²) in [6.45, 7) is 5.31. The van der Waals surface area contributed by atoms with Gasteiger partial charge in [-0.2, -0.15) is 0 Å². The van der Waals surface area contributed by atoms with E-state index in [4.69, 9.17) is 9.47 Å². The highest BCUT2D eigenvalue weighted by Crippen LogP contribution is 2.30. The van der Waals surface area contributed by atoms with Crippen molar-refractivity contribution in [1.82, 2.24) is 15.3 Å². The van der Waals surface area contributed by atoms with Crippen LogP contribution in [0.2, 0.25) is 0 Å². The number of nitrogens with zero attached hydrogens (tertiary/aromatic N) is 2. The SMILES string of the molecule is CN1CCN(NCC(=O)c2ccc3c(c2)OCCO3)CC1. The van der Waals surface area contributed by atoms with Crippen LogP contribution in [0.15, 0.2) is 18.2 Å². The zero-order valence-electron chi connectivity index (χ0n) is 12.3. The van der Waals surface area contributed by atoms with Gasteiger partial charge in [-0.1, -0.05) is 0 Å². The van der Waals surface area contributed by atoms with Crippen LogP contribution in [0.1, 0.15) is 10.4 Å². The Morgan fingerprint density at radius 1 is 1.14 bits per heavy atom. The number of carbonyl (C=O) groups excluding carboxylic acids is 1. The fourth-order valence-electron chi connectivity index (χ4n) is 2.47. The molecule has 114 valence electrons. The third-order valence-corrected chi connectivity index (χ3v) is 3.83. The van der Waals surface area contributed by atoms with Crippen molar-refractivity contribution >= 4 is 5.78 Å². The molecule has 6 nitrogen and oxygen atoms in total. The van der Waals surface area contributed by atoms with E-state index in [1.54, 1.807) is 18.2 Å². The average Bonchev–Trinajstić information content (AvgIpc) is 2.53. The normalized spacial score (nSPS) is 19.5. The number of ketones is 1. The van der Waals surface area contributed by atoms with Crippen LogP contribution in [0.3, 0.4) is 0 Å². The van der Waals surface area contributed by atoms with Gasteiger partial charge in [0.2, 0.25) is 0 Å². The fraction of sp³-hybridized carbons (Fsp3) is 0.533. The number of likely N-dealkylation sites (N-methyl/N-ethyl adjacent to an activating group) is 1. The van der Waals surface area contributed by atoms with Crippen molar-refractivity contribution in [3.05, 3.63) is 23.8 Å². The van der Waals surface area contributed by atoms with Gasteiger partial charge in [-0.3, -0.25) is 4.79 Å². The second-order valence-electron chi connectivity index (χ2n) is 5.41. The minimum atomic E-state index is 0.0610. The van der Waals surface area contributed by atoms with Gasteiger partial charge in [-0.25, -0.2) is 10.4 Å². The Bertz CT molecular complexity index is 513. The van der Waals surface area contributed by atoms with E-state index >= 15 is 0 Å². The summed E-state index contributed by atoms with van der Waals surface area (Å²) in [5.41, 5.74) is 3.86. The number of hydrazine groups is 1. The van der Waals surface area contributed by atoms with Crippen LogP contribution >= 0.6 is 0 Å². The van der Waals surface area contributed by atoms with Crippen LogP contribution in [0, 0.1) is 0 Å². The molecule has 2 aliphatic heterocycles. The number of rotatable bonds is 4. The maximum absolute atomic E-state index is 12.2. The van der Waals surface area contributed by atoms with Crippen molar-refractivity contribution in [1.29, 1.82) is 0 Å². The van der Waals surface area contributed by atoms with Crippen molar-refractivity contribution in [2.24, 2.45) is 0 Å². The predicted molar refractivity (Wildman–Crippen MR) is 78.8 cm³/mol. The molecule has 1 aromatic rings. The van der Waals surface area contributed by atoms with Crippen LogP contribution in [0.5, 0.6) is 11.5 Å². The van der Waals surface area contributed by atoms with Crippen LogP contribution in [0.25, 0.3) is 0 Å². The zero-order chi connectivity index (χ0) is 14.7. The number of benzene rings is 1. The number of fused-ring (bicyclic) bond motifs is 1. The molecule has 1 aromatic carbocycles. The maximum atomic E-state index is 12.2. The lowest BCUT2D eigenvalue weighted by Gasteiger charge is -2.32. The Labute approximate surface area is 124 Å². The summed E-state index contributed by atoms with van der Waals surface area (Å²) >= 11 is 0. The van der Waals surface area contributed by atoms with E-state index in [1.807, 2.05) is 0 Å². The molecule has 0 amide bonds. The molecule has 0 unspecified atom stereocenters. The quantitative estimate of drug-likeness (QED) is 0.810. The molecule has 0 aliphatic carbocycles. The number of hydrogen-bond acceptors (Lipinski definition) is 6.